The Hall–Kier alpha value is -3.15. The molecule has 6 heteroatoms. The summed E-state index contributed by atoms with van der Waals surface area (Å²) in [7, 11) is 0. The lowest BCUT2D eigenvalue weighted by atomic mass is 10.1. The number of likely N-dealkylation sites (tertiary alicyclic amines) is 1. The molecule has 6 nitrogen and oxygen atoms in total. The molecule has 1 saturated heterocycles. The van der Waals surface area contributed by atoms with Crippen LogP contribution >= 0.6 is 0 Å². The lowest BCUT2D eigenvalue weighted by Crippen LogP contribution is -2.43. The average Bonchev–Trinajstić information content (AvgIpc) is 2.71. The van der Waals surface area contributed by atoms with Gasteiger partial charge >= 0.3 is 6.03 Å². The summed E-state index contributed by atoms with van der Waals surface area (Å²) < 4.78 is 6.11. The van der Waals surface area contributed by atoms with E-state index in [0.29, 0.717) is 19.0 Å². The maximum absolute atomic E-state index is 12.6. The van der Waals surface area contributed by atoms with Gasteiger partial charge in [-0.2, -0.15) is 5.10 Å². The maximum Gasteiger partial charge on any atom is 0.321 e. The first kappa shape index (κ1) is 18.2. The molecule has 2 aromatic carbocycles. The molecule has 0 saturated carbocycles. The molecule has 1 aromatic heterocycles. The first-order valence-corrected chi connectivity index (χ1v) is 9.60. The van der Waals surface area contributed by atoms with Crippen molar-refractivity contribution in [2.45, 2.75) is 32.8 Å². The number of urea groups is 1. The Kier molecular flexibility index (Phi) is 5.10. The summed E-state index contributed by atoms with van der Waals surface area (Å²) in [6.45, 7) is 5.41. The Balaban J connectivity index is 1.35. The van der Waals surface area contributed by atoms with Gasteiger partial charge in [-0.1, -0.05) is 24.3 Å². The number of hydrogen-bond acceptors (Lipinski definition) is 4. The highest BCUT2D eigenvalue weighted by Gasteiger charge is 2.25. The van der Waals surface area contributed by atoms with Crippen LogP contribution in [-0.4, -0.2) is 40.3 Å². The van der Waals surface area contributed by atoms with Crippen molar-refractivity contribution >= 4 is 22.5 Å². The predicted molar refractivity (Wildman–Crippen MR) is 110 cm³/mol. The summed E-state index contributed by atoms with van der Waals surface area (Å²) in [5.74, 6) is 0.566. The summed E-state index contributed by atoms with van der Waals surface area (Å²) in [5.41, 5.74) is 3.21. The van der Waals surface area contributed by atoms with Crippen molar-refractivity contribution in [1.29, 1.82) is 0 Å². The number of rotatable bonds is 3. The molecule has 0 unspecified atom stereocenters. The summed E-state index contributed by atoms with van der Waals surface area (Å²) in [5, 5.41) is 13.2. The summed E-state index contributed by atoms with van der Waals surface area (Å²) in [6, 6.07) is 13.8. The van der Waals surface area contributed by atoms with Gasteiger partial charge in [0.1, 0.15) is 6.10 Å². The SMILES string of the molecule is Cc1ccc(NC(=O)N2CCC(Oc3nncc4ccccc34)CC2)cc1C. The van der Waals surface area contributed by atoms with E-state index in [-0.39, 0.29) is 12.1 Å². The van der Waals surface area contributed by atoms with Crippen LogP contribution in [0.2, 0.25) is 0 Å². The molecule has 1 aliphatic heterocycles. The number of hydrogen-bond donors (Lipinski definition) is 1. The van der Waals surface area contributed by atoms with Crippen LogP contribution in [0.4, 0.5) is 10.5 Å². The van der Waals surface area contributed by atoms with Crippen molar-refractivity contribution in [2.75, 3.05) is 18.4 Å². The molecule has 2 amide bonds. The zero-order chi connectivity index (χ0) is 19.5. The number of carbonyl (C=O) groups is 1. The second-order valence-corrected chi connectivity index (χ2v) is 7.27. The van der Waals surface area contributed by atoms with E-state index in [1.807, 2.05) is 54.3 Å². The lowest BCUT2D eigenvalue weighted by molar-refractivity contribution is 0.112. The van der Waals surface area contributed by atoms with E-state index in [9.17, 15) is 4.79 Å². The fourth-order valence-electron chi connectivity index (χ4n) is 3.45. The number of aromatic nitrogens is 2. The molecule has 144 valence electrons. The number of piperidine rings is 1. The van der Waals surface area contributed by atoms with Crippen LogP contribution in [0.15, 0.2) is 48.7 Å². The van der Waals surface area contributed by atoms with Crippen molar-refractivity contribution in [2.24, 2.45) is 0 Å². The zero-order valence-corrected chi connectivity index (χ0v) is 16.2. The summed E-state index contributed by atoms with van der Waals surface area (Å²) >= 11 is 0. The smallest absolute Gasteiger partial charge is 0.321 e. The number of benzene rings is 2. The normalized spacial score (nSPS) is 14.9. The largest absolute Gasteiger partial charge is 0.473 e. The average molecular weight is 376 g/mol. The van der Waals surface area contributed by atoms with Gasteiger partial charge in [0.25, 0.3) is 0 Å². The molecular weight excluding hydrogens is 352 g/mol. The van der Waals surface area contributed by atoms with Crippen LogP contribution in [-0.2, 0) is 0 Å². The Labute approximate surface area is 164 Å². The Morgan fingerprint density at radius 3 is 2.68 bits per heavy atom. The second-order valence-electron chi connectivity index (χ2n) is 7.27. The molecule has 0 bridgehead atoms. The van der Waals surface area contributed by atoms with Crippen molar-refractivity contribution in [3.63, 3.8) is 0 Å². The van der Waals surface area contributed by atoms with Crippen molar-refractivity contribution < 1.29 is 9.53 Å². The van der Waals surface area contributed by atoms with Crippen molar-refractivity contribution in [3.8, 4) is 5.88 Å². The van der Waals surface area contributed by atoms with Gasteiger partial charge in [-0.25, -0.2) is 4.79 Å². The van der Waals surface area contributed by atoms with Crippen LogP contribution in [0.1, 0.15) is 24.0 Å². The van der Waals surface area contributed by atoms with E-state index in [2.05, 4.69) is 22.4 Å². The highest BCUT2D eigenvalue weighted by molar-refractivity contribution is 5.89. The second kappa shape index (κ2) is 7.84. The fourth-order valence-corrected chi connectivity index (χ4v) is 3.45. The van der Waals surface area contributed by atoms with Crippen LogP contribution in [0.25, 0.3) is 10.8 Å². The Bertz CT molecular complexity index is 991. The van der Waals surface area contributed by atoms with E-state index >= 15 is 0 Å². The predicted octanol–water partition coefficient (Wildman–Crippen LogP) is 4.32. The van der Waals surface area contributed by atoms with E-state index in [4.69, 9.17) is 4.74 Å². The van der Waals surface area contributed by atoms with Gasteiger partial charge in [0.15, 0.2) is 0 Å². The Morgan fingerprint density at radius 2 is 1.89 bits per heavy atom. The Morgan fingerprint density at radius 1 is 1.11 bits per heavy atom. The van der Waals surface area contributed by atoms with Gasteiger partial charge in [-0.15, -0.1) is 5.10 Å². The molecule has 0 radical (unpaired) electrons. The zero-order valence-electron chi connectivity index (χ0n) is 16.2. The van der Waals surface area contributed by atoms with Gasteiger partial charge in [-0.05, 0) is 43.2 Å². The third-order valence-corrected chi connectivity index (χ3v) is 5.30. The van der Waals surface area contributed by atoms with Crippen LogP contribution in [0, 0.1) is 13.8 Å². The van der Waals surface area contributed by atoms with Crippen LogP contribution in [0.5, 0.6) is 5.88 Å². The van der Waals surface area contributed by atoms with E-state index in [0.717, 1.165) is 29.3 Å². The van der Waals surface area contributed by atoms with Crippen LogP contribution < -0.4 is 10.1 Å². The number of anilines is 1. The number of nitrogens with zero attached hydrogens (tertiary/aromatic N) is 3. The third-order valence-electron chi connectivity index (χ3n) is 5.30. The number of nitrogens with one attached hydrogen (secondary N) is 1. The molecule has 4 rings (SSSR count). The van der Waals surface area contributed by atoms with Gasteiger partial charge < -0.3 is 15.0 Å². The van der Waals surface area contributed by atoms with Gasteiger partial charge in [0.05, 0.1) is 6.20 Å². The van der Waals surface area contributed by atoms with Crippen molar-refractivity contribution in [3.05, 3.63) is 59.8 Å². The van der Waals surface area contributed by atoms with Gasteiger partial charge in [0, 0.05) is 42.4 Å². The molecule has 1 fully saturated rings. The highest BCUT2D eigenvalue weighted by Crippen LogP contribution is 2.25. The molecule has 0 aliphatic carbocycles. The maximum atomic E-state index is 12.6. The monoisotopic (exact) mass is 376 g/mol. The molecule has 0 atom stereocenters. The van der Waals surface area contributed by atoms with Gasteiger partial charge in [-0.3, -0.25) is 0 Å². The molecule has 28 heavy (non-hydrogen) atoms. The number of fused-ring (bicyclic) bond motifs is 1. The number of amides is 2. The summed E-state index contributed by atoms with van der Waals surface area (Å²) in [6.07, 6.45) is 3.31. The van der Waals surface area contributed by atoms with Crippen molar-refractivity contribution in [1.82, 2.24) is 15.1 Å². The highest BCUT2D eigenvalue weighted by atomic mass is 16.5. The first-order chi connectivity index (χ1) is 13.6. The first-order valence-electron chi connectivity index (χ1n) is 9.60. The number of aryl methyl sites for hydroxylation is 2. The van der Waals surface area contributed by atoms with Crippen LogP contribution in [0.3, 0.4) is 0 Å². The number of carbonyl (C=O) groups excluding carboxylic acids is 1. The quantitative estimate of drug-likeness (QED) is 0.739. The molecule has 0 spiro atoms. The molecule has 1 aliphatic rings. The minimum Gasteiger partial charge on any atom is -0.473 e. The topological polar surface area (TPSA) is 67.4 Å². The molecule has 2 heterocycles. The van der Waals surface area contributed by atoms with Gasteiger partial charge in [0.2, 0.25) is 5.88 Å². The minimum atomic E-state index is -0.0633. The summed E-state index contributed by atoms with van der Waals surface area (Å²) in [4.78, 5) is 14.4. The van der Waals surface area contributed by atoms with E-state index in [1.54, 1.807) is 6.20 Å². The third kappa shape index (κ3) is 3.91. The fraction of sp³-hybridized carbons (Fsp3) is 0.318. The van der Waals surface area contributed by atoms with E-state index < -0.39 is 0 Å². The lowest BCUT2D eigenvalue weighted by Gasteiger charge is -2.32. The molecular formula is C22H24N4O2. The number of ether oxygens (including phenoxy) is 1. The van der Waals surface area contributed by atoms with E-state index in [1.165, 1.54) is 11.1 Å². The standard InChI is InChI=1S/C22H24N4O2/c1-15-7-8-18(13-16(15)2)24-22(27)26-11-9-19(10-12-26)28-21-20-6-4-3-5-17(20)14-23-25-21/h3-8,13-14,19H,9-12H2,1-2H3,(H,24,27). The minimum absolute atomic E-state index is 0.0331. The molecule has 3 aromatic rings. The molecule has 1 N–H and O–H groups in total.